The molecule has 0 N–H and O–H groups in total. The van der Waals surface area contributed by atoms with Crippen LogP contribution in [0.5, 0.6) is 0 Å². The molecule has 1 aliphatic rings. The van der Waals surface area contributed by atoms with Crippen LogP contribution in [0, 0.1) is 5.92 Å². The summed E-state index contributed by atoms with van der Waals surface area (Å²) in [5.41, 5.74) is 1.05. The van der Waals surface area contributed by atoms with Crippen molar-refractivity contribution in [3.05, 3.63) is 12.2 Å². The summed E-state index contributed by atoms with van der Waals surface area (Å²) in [4.78, 5) is 0. The van der Waals surface area contributed by atoms with Gasteiger partial charge in [0.2, 0.25) is 0 Å². The van der Waals surface area contributed by atoms with Gasteiger partial charge in [-0.3, -0.25) is 0 Å². The maximum atomic E-state index is 2.57. The first-order chi connectivity index (χ1) is 8.04. The van der Waals surface area contributed by atoms with E-state index in [0.717, 1.165) is 11.5 Å². The molecule has 1 rings (SSSR count). The molecule has 0 bridgehead atoms. The highest BCUT2D eigenvalue weighted by atomic mass is 28.3. The molecule has 0 aromatic rings. The first kappa shape index (κ1) is 15.0. The van der Waals surface area contributed by atoms with Crippen molar-refractivity contribution in [2.45, 2.75) is 83.5 Å². The molecular weight excluding hydrogens is 220 g/mol. The van der Waals surface area contributed by atoms with E-state index in [0.29, 0.717) is 0 Å². The van der Waals surface area contributed by atoms with Crippen molar-refractivity contribution in [3.8, 4) is 0 Å². The number of rotatable bonds is 3. The highest BCUT2D eigenvalue weighted by molar-refractivity contribution is 6.77. The first-order valence-corrected chi connectivity index (χ1v) is 11.3. The second-order valence-electron chi connectivity index (χ2n) is 6.89. The fourth-order valence-electron chi connectivity index (χ4n) is 3.04. The summed E-state index contributed by atoms with van der Waals surface area (Å²) in [5, 5.41) is 0. The van der Waals surface area contributed by atoms with Crippen LogP contribution in [0.15, 0.2) is 12.2 Å². The van der Waals surface area contributed by atoms with E-state index in [1.165, 1.54) is 51.4 Å². The molecule has 0 aromatic heterocycles. The third-order valence-electron chi connectivity index (χ3n) is 4.33. The topological polar surface area (TPSA) is 0 Å². The van der Waals surface area contributed by atoms with E-state index in [9.17, 15) is 0 Å². The Labute approximate surface area is 110 Å². The SMILES string of the molecule is CC/C=C/C1CCCCCCC([Si](C)(C)C)C1. The van der Waals surface area contributed by atoms with E-state index in [1.807, 2.05) is 0 Å². The van der Waals surface area contributed by atoms with Gasteiger partial charge in [0.25, 0.3) is 0 Å². The molecule has 100 valence electrons. The Bertz CT molecular complexity index is 224. The third kappa shape index (κ3) is 5.90. The molecule has 0 heterocycles. The molecule has 0 nitrogen and oxygen atoms in total. The van der Waals surface area contributed by atoms with Crippen LogP contribution >= 0.6 is 0 Å². The minimum atomic E-state index is -0.948. The van der Waals surface area contributed by atoms with Crippen LogP contribution in [0.1, 0.15) is 58.3 Å². The molecule has 0 aromatic carbocycles. The van der Waals surface area contributed by atoms with Crippen molar-refractivity contribution >= 4 is 8.07 Å². The van der Waals surface area contributed by atoms with Crippen molar-refractivity contribution < 1.29 is 0 Å². The summed E-state index contributed by atoms with van der Waals surface area (Å²) >= 11 is 0. The van der Waals surface area contributed by atoms with Crippen molar-refractivity contribution in [3.63, 3.8) is 0 Å². The molecule has 1 heteroatoms. The van der Waals surface area contributed by atoms with E-state index < -0.39 is 8.07 Å². The van der Waals surface area contributed by atoms with Crippen molar-refractivity contribution in [2.75, 3.05) is 0 Å². The number of hydrogen-bond donors (Lipinski definition) is 0. The normalized spacial score (nSPS) is 28.7. The minimum Gasteiger partial charge on any atom is -0.0885 e. The highest BCUT2D eigenvalue weighted by Gasteiger charge is 2.28. The molecule has 17 heavy (non-hydrogen) atoms. The predicted molar refractivity (Wildman–Crippen MR) is 82.3 cm³/mol. The molecule has 1 aliphatic carbocycles. The van der Waals surface area contributed by atoms with Crippen LogP contribution in [-0.2, 0) is 0 Å². The molecule has 0 amide bonds. The average molecular weight is 253 g/mol. The van der Waals surface area contributed by atoms with Crippen LogP contribution in [0.25, 0.3) is 0 Å². The summed E-state index contributed by atoms with van der Waals surface area (Å²) in [6, 6.07) is 0. The third-order valence-corrected chi connectivity index (χ3v) is 7.31. The van der Waals surface area contributed by atoms with Gasteiger partial charge in [-0.2, -0.15) is 0 Å². The van der Waals surface area contributed by atoms with Gasteiger partial charge < -0.3 is 0 Å². The van der Waals surface area contributed by atoms with E-state index in [-0.39, 0.29) is 0 Å². The minimum absolute atomic E-state index is 0.879. The van der Waals surface area contributed by atoms with Crippen LogP contribution < -0.4 is 0 Å². The Kier molecular flexibility index (Phi) is 6.54. The smallest absolute Gasteiger partial charge is 0.0474 e. The maximum Gasteiger partial charge on any atom is 0.0474 e. The monoisotopic (exact) mass is 252 g/mol. The summed E-state index contributed by atoms with van der Waals surface area (Å²) in [5.74, 6) is 0.879. The molecule has 1 saturated carbocycles. The van der Waals surface area contributed by atoms with Crippen molar-refractivity contribution in [2.24, 2.45) is 5.92 Å². The first-order valence-electron chi connectivity index (χ1n) is 7.70. The van der Waals surface area contributed by atoms with Gasteiger partial charge >= 0.3 is 0 Å². The summed E-state index contributed by atoms with van der Waals surface area (Å²) < 4.78 is 0. The Balaban J connectivity index is 2.65. The fourth-order valence-corrected chi connectivity index (χ4v) is 5.12. The lowest BCUT2D eigenvalue weighted by atomic mass is 9.96. The van der Waals surface area contributed by atoms with E-state index in [4.69, 9.17) is 0 Å². The van der Waals surface area contributed by atoms with Gasteiger partial charge in [-0.15, -0.1) is 0 Å². The molecule has 2 atom stereocenters. The zero-order valence-corrected chi connectivity index (χ0v) is 13.5. The lowest BCUT2D eigenvalue weighted by Crippen LogP contribution is -2.29. The van der Waals surface area contributed by atoms with Gasteiger partial charge in [0.15, 0.2) is 0 Å². The zero-order chi connectivity index (χ0) is 12.7. The predicted octanol–water partition coefficient (Wildman–Crippen LogP) is 6.02. The second kappa shape index (κ2) is 7.40. The molecular formula is C16H32Si. The van der Waals surface area contributed by atoms with Gasteiger partial charge in [0.05, 0.1) is 0 Å². The van der Waals surface area contributed by atoms with Gasteiger partial charge in [0, 0.05) is 8.07 Å². The van der Waals surface area contributed by atoms with Crippen LogP contribution in [0.4, 0.5) is 0 Å². The van der Waals surface area contributed by atoms with E-state index in [2.05, 4.69) is 38.7 Å². The molecule has 0 saturated heterocycles. The van der Waals surface area contributed by atoms with Crippen molar-refractivity contribution in [1.29, 1.82) is 0 Å². The van der Waals surface area contributed by atoms with Gasteiger partial charge in [-0.05, 0) is 30.7 Å². The molecule has 1 fully saturated rings. The van der Waals surface area contributed by atoms with Crippen LogP contribution in [-0.4, -0.2) is 8.07 Å². The number of hydrogen-bond acceptors (Lipinski definition) is 0. The second-order valence-corrected chi connectivity index (χ2v) is 12.4. The summed E-state index contributed by atoms with van der Waals surface area (Å²) in [6.07, 6.45) is 16.4. The van der Waals surface area contributed by atoms with Gasteiger partial charge in [-0.25, -0.2) is 0 Å². The molecule has 2 unspecified atom stereocenters. The quantitative estimate of drug-likeness (QED) is 0.425. The van der Waals surface area contributed by atoms with Gasteiger partial charge in [-0.1, -0.05) is 70.8 Å². The molecule has 0 aliphatic heterocycles. The zero-order valence-electron chi connectivity index (χ0n) is 12.5. The van der Waals surface area contributed by atoms with Crippen LogP contribution in [0.2, 0.25) is 25.2 Å². The Morgan fingerprint density at radius 3 is 2.24 bits per heavy atom. The average Bonchev–Trinajstić information content (AvgIpc) is 2.36. The van der Waals surface area contributed by atoms with Crippen LogP contribution in [0.3, 0.4) is 0 Å². The lowest BCUT2D eigenvalue weighted by molar-refractivity contribution is 0.502. The lowest BCUT2D eigenvalue weighted by Gasteiger charge is -2.31. The van der Waals surface area contributed by atoms with Crippen molar-refractivity contribution in [1.82, 2.24) is 0 Å². The Hall–Kier alpha value is -0.0431. The van der Waals surface area contributed by atoms with E-state index >= 15 is 0 Å². The summed E-state index contributed by atoms with van der Waals surface area (Å²) in [6.45, 7) is 9.95. The number of allylic oxidation sites excluding steroid dienone is 2. The van der Waals surface area contributed by atoms with E-state index in [1.54, 1.807) is 0 Å². The maximum absolute atomic E-state index is 2.57. The molecule has 0 spiro atoms. The fraction of sp³-hybridized carbons (Fsp3) is 0.875. The standard InChI is InChI=1S/C16H32Si/c1-5-6-11-15-12-9-7-8-10-13-16(14-15)17(2,3)4/h6,11,15-16H,5,7-10,12-14H2,1-4H3/b11-6+. The van der Waals surface area contributed by atoms with Gasteiger partial charge in [0.1, 0.15) is 0 Å². The highest BCUT2D eigenvalue weighted by Crippen LogP contribution is 2.37. The molecule has 0 radical (unpaired) electrons. The Morgan fingerprint density at radius 2 is 1.65 bits per heavy atom. The summed E-state index contributed by atoms with van der Waals surface area (Å²) in [7, 11) is -0.948. The Morgan fingerprint density at radius 1 is 1.00 bits per heavy atom. The largest absolute Gasteiger partial charge is 0.0885 e.